The molecule has 6 heteroatoms. The molecule has 1 aliphatic rings. The highest BCUT2D eigenvalue weighted by molar-refractivity contribution is 6.30. The molecule has 1 aliphatic heterocycles. The first kappa shape index (κ1) is 22.6. The fourth-order valence-corrected chi connectivity index (χ4v) is 5.34. The van der Waals surface area contributed by atoms with Crippen molar-refractivity contribution < 1.29 is 9.18 Å². The van der Waals surface area contributed by atoms with E-state index in [0.29, 0.717) is 10.7 Å². The number of nitrogens with one attached hydrogen (secondary N) is 1. The van der Waals surface area contributed by atoms with Crippen LogP contribution in [-0.2, 0) is 13.0 Å². The highest BCUT2D eigenvalue weighted by Gasteiger charge is 2.29. The van der Waals surface area contributed by atoms with Crippen molar-refractivity contribution in [3.05, 3.63) is 107 Å². The molecule has 0 fully saturated rings. The van der Waals surface area contributed by atoms with E-state index >= 15 is 0 Å². The number of aryl methyl sites for hydroxylation is 3. The molecular formula is C30H25ClFN3O. The first-order valence-electron chi connectivity index (χ1n) is 12.2. The molecule has 0 aliphatic carbocycles. The summed E-state index contributed by atoms with van der Waals surface area (Å²) < 4.78 is 18.1. The Morgan fingerprint density at radius 1 is 0.917 bits per heavy atom. The number of halogens is 2. The SMILES string of the molecule is Cc1ccc(NC(=O)c2c(-c3ccc(F)cc3)c3c4n(c(-c5ccc(Cl)cc5)cn24)CCCC3)cc1. The first-order chi connectivity index (χ1) is 17.5. The summed E-state index contributed by atoms with van der Waals surface area (Å²) in [5.41, 5.74) is 8.35. The molecule has 4 nitrogen and oxygen atoms in total. The van der Waals surface area contributed by atoms with E-state index in [1.54, 1.807) is 12.1 Å². The van der Waals surface area contributed by atoms with Gasteiger partial charge in [-0.05, 0) is 73.7 Å². The van der Waals surface area contributed by atoms with Crippen LogP contribution in [0, 0.1) is 12.7 Å². The van der Waals surface area contributed by atoms with Crippen LogP contribution in [0.3, 0.4) is 0 Å². The number of rotatable bonds is 4. The van der Waals surface area contributed by atoms with Crippen LogP contribution >= 0.6 is 11.6 Å². The Morgan fingerprint density at radius 3 is 2.33 bits per heavy atom. The van der Waals surface area contributed by atoms with Crippen LogP contribution < -0.4 is 5.32 Å². The first-order valence-corrected chi connectivity index (χ1v) is 12.5. The number of anilines is 1. The van der Waals surface area contributed by atoms with Crippen LogP contribution in [0.4, 0.5) is 10.1 Å². The van der Waals surface area contributed by atoms with Gasteiger partial charge in [0.05, 0.1) is 5.69 Å². The lowest BCUT2D eigenvalue weighted by Gasteiger charge is -2.10. The molecule has 36 heavy (non-hydrogen) atoms. The summed E-state index contributed by atoms with van der Waals surface area (Å²) in [6, 6.07) is 22.0. The van der Waals surface area contributed by atoms with Crippen LogP contribution in [0.5, 0.6) is 0 Å². The van der Waals surface area contributed by atoms with Crippen molar-refractivity contribution in [1.29, 1.82) is 0 Å². The van der Waals surface area contributed by atoms with Gasteiger partial charge in [0.2, 0.25) is 0 Å². The zero-order valence-corrected chi connectivity index (χ0v) is 20.6. The number of benzene rings is 3. The molecule has 3 aromatic carbocycles. The van der Waals surface area contributed by atoms with Gasteiger partial charge in [-0.2, -0.15) is 0 Å². The minimum Gasteiger partial charge on any atom is -0.325 e. The smallest absolute Gasteiger partial charge is 0.273 e. The minimum atomic E-state index is -0.298. The summed E-state index contributed by atoms with van der Waals surface area (Å²) in [5.74, 6) is -0.492. The second kappa shape index (κ2) is 8.99. The molecule has 0 saturated heterocycles. The monoisotopic (exact) mass is 497 g/mol. The van der Waals surface area contributed by atoms with Gasteiger partial charge in [0.1, 0.15) is 17.2 Å². The van der Waals surface area contributed by atoms with Gasteiger partial charge in [-0.1, -0.05) is 53.6 Å². The maximum Gasteiger partial charge on any atom is 0.273 e. The maximum atomic E-state index is 13.9. The maximum absolute atomic E-state index is 13.9. The molecule has 3 heterocycles. The third kappa shape index (κ3) is 3.90. The van der Waals surface area contributed by atoms with Crippen molar-refractivity contribution in [2.24, 2.45) is 0 Å². The fraction of sp³-hybridized carbons (Fsp3) is 0.167. The summed E-state index contributed by atoms with van der Waals surface area (Å²) >= 11 is 6.15. The lowest BCUT2D eigenvalue weighted by molar-refractivity contribution is 0.102. The molecular weight excluding hydrogens is 473 g/mol. The van der Waals surface area contributed by atoms with E-state index in [1.807, 2.05) is 66.1 Å². The predicted molar refractivity (Wildman–Crippen MR) is 143 cm³/mol. The van der Waals surface area contributed by atoms with Gasteiger partial charge >= 0.3 is 0 Å². The van der Waals surface area contributed by atoms with Crippen molar-refractivity contribution >= 4 is 28.8 Å². The van der Waals surface area contributed by atoms with Crippen LogP contribution in [-0.4, -0.2) is 14.9 Å². The summed E-state index contributed by atoms with van der Waals surface area (Å²) in [5, 5.41) is 3.77. The van der Waals surface area contributed by atoms with E-state index in [1.165, 1.54) is 12.1 Å². The fourth-order valence-electron chi connectivity index (χ4n) is 5.21. The van der Waals surface area contributed by atoms with Crippen molar-refractivity contribution in [2.75, 3.05) is 5.32 Å². The molecule has 1 N–H and O–H groups in total. The van der Waals surface area contributed by atoms with Crippen LogP contribution in [0.25, 0.3) is 28.0 Å². The van der Waals surface area contributed by atoms with Gasteiger partial charge in [0.25, 0.3) is 5.91 Å². The standard InChI is InChI=1S/C30H25ClFN3O/c1-19-5-15-24(16-6-19)33-29(36)28-27(21-9-13-23(32)14-10-21)25-4-2-3-17-34-26(18-35(28)30(25)34)20-7-11-22(31)12-8-20/h5-16,18H,2-4,17H2,1H3,(H,33,36). The number of hydrogen-bond donors (Lipinski definition) is 1. The molecule has 5 aromatic rings. The second-order valence-electron chi connectivity index (χ2n) is 9.35. The molecule has 0 bridgehead atoms. The minimum absolute atomic E-state index is 0.195. The molecule has 180 valence electrons. The largest absolute Gasteiger partial charge is 0.325 e. The van der Waals surface area contributed by atoms with Gasteiger partial charge in [0, 0.05) is 34.6 Å². The predicted octanol–water partition coefficient (Wildman–Crippen LogP) is 7.76. The van der Waals surface area contributed by atoms with E-state index in [0.717, 1.165) is 70.7 Å². The van der Waals surface area contributed by atoms with E-state index in [9.17, 15) is 9.18 Å². The molecule has 1 amide bonds. The Labute approximate surface area is 214 Å². The van der Waals surface area contributed by atoms with Crippen LogP contribution in [0.2, 0.25) is 5.02 Å². The third-order valence-electron chi connectivity index (χ3n) is 6.93. The number of carbonyl (C=O) groups is 1. The van der Waals surface area contributed by atoms with Gasteiger partial charge in [-0.3, -0.25) is 9.20 Å². The van der Waals surface area contributed by atoms with Crippen LogP contribution in [0.15, 0.2) is 79.0 Å². The van der Waals surface area contributed by atoms with E-state index in [2.05, 4.69) is 9.88 Å². The molecule has 0 unspecified atom stereocenters. The average Bonchev–Trinajstić information content (AvgIpc) is 3.29. The summed E-state index contributed by atoms with van der Waals surface area (Å²) in [7, 11) is 0. The van der Waals surface area contributed by atoms with Gasteiger partial charge < -0.3 is 9.88 Å². The summed E-state index contributed by atoms with van der Waals surface area (Å²) in [6.45, 7) is 2.87. The zero-order chi connectivity index (χ0) is 24.8. The molecule has 6 rings (SSSR count). The van der Waals surface area contributed by atoms with Crippen molar-refractivity contribution in [3.8, 4) is 22.4 Å². The highest BCUT2D eigenvalue weighted by atomic mass is 35.5. The lowest BCUT2D eigenvalue weighted by Crippen LogP contribution is -2.15. The van der Waals surface area contributed by atoms with Crippen LogP contribution in [0.1, 0.15) is 34.5 Å². The quantitative estimate of drug-likeness (QED) is 0.270. The Kier molecular flexibility index (Phi) is 5.65. The zero-order valence-electron chi connectivity index (χ0n) is 19.9. The van der Waals surface area contributed by atoms with E-state index in [-0.39, 0.29) is 11.7 Å². The second-order valence-corrected chi connectivity index (χ2v) is 9.79. The van der Waals surface area contributed by atoms with E-state index < -0.39 is 0 Å². The van der Waals surface area contributed by atoms with Gasteiger partial charge in [-0.15, -0.1) is 0 Å². The van der Waals surface area contributed by atoms with Crippen molar-refractivity contribution in [2.45, 2.75) is 32.7 Å². The molecule has 0 spiro atoms. The topological polar surface area (TPSA) is 38.4 Å². The Hall–Kier alpha value is -3.83. The molecule has 0 saturated carbocycles. The highest BCUT2D eigenvalue weighted by Crippen LogP contribution is 2.40. The van der Waals surface area contributed by atoms with Crippen molar-refractivity contribution in [1.82, 2.24) is 8.97 Å². The van der Waals surface area contributed by atoms with Crippen molar-refractivity contribution in [3.63, 3.8) is 0 Å². The number of nitrogens with zero attached hydrogens (tertiary/aromatic N) is 2. The van der Waals surface area contributed by atoms with Gasteiger partial charge in [-0.25, -0.2) is 4.39 Å². The summed E-state index contributed by atoms with van der Waals surface area (Å²) in [4.78, 5) is 13.9. The number of hydrogen-bond acceptors (Lipinski definition) is 1. The number of imidazole rings is 1. The average molecular weight is 498 g/mol. The summed E-state index contributed by atoms with van der Waals surface area (Å²) in [6.07, 6.45) is 4.94. The van der Waals surface area contributed by atoms with Gasteiger partial charge in [0.15, 0.2) is 0 Å². The third-order valence-corrected chi connectivity index (χ3v) is 7.18. The lowest BCUT2D eigenvalue weighted by atomic mass is 9.97. The van der Waals surface area contributed by atoms with E-state index in [4.69, 9.17) is 11.6 Å². The number of carbonyl (C=O) groups excluding carboxylic acids is 1. The molecule has 0 atom stereocenters. The Balaban J connectivity index is 1.60. The normalized spacial score (nSPS) is 13.1. The molecule has 0 radical (unpaired) electrons. The Morgan fingerprint density at radius 2 is 1.61 bits per heavy atom. The number of amides is 1. The Bertz CT molecular complexity index is 1580. The molecule has 2 aromatic heterocycles. The number of aromatic nitrogens is 2.